The lowest BCUT2D eigenvalue weighted by molar-refractivity contribution is -0.149. The molecule has 1 fully saturated rings. The van der Waals surface area contributed by atoms with E-state index in [1.165, 1.54) is 20.3 Å². The standard InChI is InChI=1S/C40H64Cl2N4O8/c1-12-24(6)36(45(9)39(50)28(22(2)3)20-32(47)35(43-8)23(4)5)33(53-10)21-34(48)46-17-13-14-31(46)37(54-11)25(7)38(49)44-30(40(51)52)18-26-15-16-27(41)19-29(26)42/h15-16,19,22-25,28,30-31,33,35-37,43H,12-14,17-18,20-21H2,1-11H3,(H,44,49)(H,51,52)/t24-,25+,28-,30-,31-,33+,35-,36-,37+/m0/s1. The van der Waals surface area contributed by atoms with Gasteiger partial charge >= 0.3 is 5.97 Å². The van der Waals surface area contributed by atoms with Gasteiger partial charge in [-0.2, -0.15) is 0 Å². The lowest BCUT2D eigenvalue weighted by atomic mass is 9.84. The number of likely N-dealkylation sites (N-methyl/N-ethyl adjacent to an activating group) is 2. The van der Waals surface area contributed by atoms with Crippen LogP contribution in [0, 0.1) is 29.6 Å². The Bertz CT molecular complexity index is 1430. The summed E-state index contributed by atoms with van der Waals surface area (Å²) in [5, 5.41) is 16.4. The number of carboxylic acids is 1. The summed E-state index contributed by atoms with van der Waals surface area (Å²) < 4.78 is 11.9. The van der Waals surface area contributed by atoms with E-state index in [1.54, 1.807) is 43.0 Å². The molecule has 1 saturated heterocycles. The van der Waals surface area contributed by atoms with Gasteiger partial charge in [0.1, 0.15) is 6.04 Å². The molecule has 1 aromatic rings. The Balaban J connectivity index is 2.28. The van der Waals surface area contributed by atoms with E-state index in [4.69, 9.17) is 32.7 Å². The van der Waals surface area contributed by atoms with Crippen molar-refractivity contribution in [1.82, 2.24) is 20.4 Å². The van der Waals surface area contributed by atoms with Gasteiger partial charge in [0, 0.05) is 56.6 Å². The van der Waals surface area contributed by atoms with Crippen LogP contribution in [0.3, 0.4) is 0 Å². The maximum atomic E-state index is 14.2. The van der Waals surface area contributed by atoms with Gasteiger partial charge in [0.15, 0.2) is 5.78 Å². The number of amides is 3. The second-order valence-corrected chi connectivity index (χ2v) is 16.3. The number of carbonyl (C=O) groups is 5. The minimum absolute atomic E-state index is 0.00775. The molecule has 0 spiro atoms. The molecule has 0 aromatic heterocycles. The van der Waals surface area contributed by atoms with Gasteiger partial charge in [-0.1, -0.05) is 84.2 Å². The van der Waals surface area contributed by atoms with E-state index in [-0.39, 0.29) is 60.7 Å². The Kier molecular flexibility index (Phi) is 19.4. The van der Waals surface area contributed by atoms with Crippen molar-refractivity contribution < 1.29 is 38.6 Å². The Morgan fingerprint density at radius 1 is 1.00 bits per heavy atom. The van der Waals surface area contributed by atoms with E-state index in [1.807, 2.05) is 41.5 Å². The number of nitrogens with zero attached hydrogens (tertiary/aromatic N) is 2. The van der Waals surface area contributed by atoms with E-state index in [2.05, 4.69) is 10.6 Å². The number of aliphatic carboxylic acids is 1. The van der Waals surface area contributed by atoms with Gasteiger partial charge in [-0.25, -0.2) is 4.79 Å². The highest BCUT2D eigenvalue weighted by Crippen LogP contribution is 2.31. The number of hydrogen-bond donors (Lipinski definition) is 3. The van der Waals surface area contributed by atoms with Crippen molar-refractivity contribution in [3.05, 3.63) is 33.8 Å². The second kappa shape index (κ2) is 22.1. The van der Waals surface area contributed by atoms with Gasteiger partial charge in [-0.15, -0.1) is 0 Å². The summed E-state index contributed by atoms with van der Waals surface area (Å²) in [7, 11) is 6.51. The highest BCUT2D eigenvalue weighted by Gasteiger charge is 2.43. The zero-order chi connectivity index (χ0) is 41.0. The number of ketones is 1. The molecule has 0 bridgehead atoms. The van der Waals surface area contributed by atoms with E-state index < -0.39 is 54.0 Å². The first-order valence-corrected chi connectivity index (χ1v) is 19.9. The van der Waals surface area contributed by atoms with Crippen molar-refractivity contribution in [2.45, 2.75) is 123 Å². The van der Waals surface area contributed by atoms with Gasteiger partial charge in [-0.05, 0) is 55.3 Å². The number of carbonyl (C=O) groups excluding carboxylic acids is 4. The first-order chi connectivity index (χ1) is 25.3. The maximum Gasteiger partial charge on any atom is 0.326 e. The molecule has 306 valence electrons. The predicted octanol–water partition coefficient (Wildman–Crippen LogP) is 5.50. The normalized spacial score (nSPS) is 19.1. The van der Waals surface area contributed by atoms with Crippen LogP contribution in [0.15, 0.2) is 18.2 Å². The molecule has 2 rings (SSSR count). The summed E-state index contributed by atoms with van der Waals surface area (Å²) in [5.74, 6) is -3.51. The molecule has 3 amide bonds. The first-order valence-electron chi connectivity index (χ1n) is 19.1. The molecule has 0 aliphatic carbocycles. The predicted molar refractivity (Wildman–Crippen MR) is 211 cm³/mol. The summed E-state index contributed by atoms with van der Waals surface area (Å²) in [4.78, 5) is 70.8. The zero-order valence-corrected chi connectivity index (χ0v) is 35.5. The van der Waals surface area contributed by atoms with E-state index in [0.29, 0.717) is 35.0 Å². The fraction of sp³-hybridized carbons (Fsp3) is 0.725. The van der Waals surface area contributed by atoms with Gasteiger partial charge in [0.2, 0.25) is 17.7 Å². The largest absolute Gasteiger partial charge is 0.480 e. The molecule has 1 aliphatic rings. The fourth-order valence-corrected chi connectivity index (χ4v) is 8.28. The third-order valence-corrected chi connectivity index (χ3v) is 11.8. The summed E-state index contributed by atoms with van der Waals surface area (Å²) in [6, 6.07) is 2.22. The number of carboxylic acid groups (broad SMARTS) is 1. The van der Waals surface area contributed by atoms with Crippen LogP contribution in [0.4, 0.5) is 0 Å². The van der Waals surface area contributed by atoms with Gasteiger partial charge in [0.05, 0.1) is 42.7 Å². The van der Waals surface area contributed by atoms with Crippen LogP contribution >= 0.6 is 23.2 Å². The SMILES string of the molecule is CC[C@H](C)[C@@H]([C@@H](CC(=O)N1CCC[C@H]1[C@H](OC)[C@@H](C)C(=O)N[C@@H](Cc1ccc(Cl)cc1Cl)C(=O)O)OC)N(C)C(=O)[C@@H](CC(=O)[C@@H](NC)C(C)C)C(C)C. The van der Waals surface area contributed by atoms with Crippen LogP contribution in [0.1, 0.15) is 86.1 Å². The Hall–Kier alpha value is -2.77. The number of nitrogens with one attached hydrogen (secondary N) is 2. The third-order valence-electron chi connectivity index (χ3n) is 11.2. The molecule has 54 heavy (non-hydrogen) atoms. The monoisotopic (exact) mass is 798 g/mol. The summed E-state index contributed by atoms with van der Waals surface area (Å²) in [5.41, 5.74) is 0.523. The van der Waals surface area contributed by atoms with Crippen LogP contribution in [0.2, 0.25) is 10.0 Å². The molecular weight excluding hydrogens is 735 g/mol. The average Bonchev–Trinajstić information content (AvgIpc) is 3.60. The van der Waals surface area contributed by atoms with Crippen molar-refractivity contribution in [2.75, 3.05) is 34.9 Å². The molecule has 1 aliphatic heterocycles. The summed E-state index contributed by atoms with van der Waals surface area (Å²) >= 11 is 12.3. The van der Waals surface area contributed by atoms with E-state index in [0.717, 1.165) is 6.42 Å². The van der Waals surface area contributed by atoms with Crippen molar-refractivity contribution >= 4 is 52.7 Å². The number of methoxy groups -OCH3 is 2. The lowest BCUT2D eigenvalue weighted by Crippen LogP contribution is -2.55. The van der Waals surface area contributed by atoms with Crippen LogP contribution in [-0.2, 0) is 39.9 Å². The fourth-order valence-electron chi connectivity index (χ4n) is 7.80. The summed E-state index contributed by atoms with van der Waals surface area (Å²) in [6.07, 6.45) is 0.672. The number of halogens is 2. The molecule has 0 unspecified atom stereocenters. The zero-order valence-electron chi connectivity index (χ0n) is 34.0. The van der Waals surface area contributed by atoms with E-state index in [9.17, 15) is 29.1 Å². The average molecular weight is 800 g/mol. The molecule has 1 heterocycles. The van der Waals surface area contributed by atoms with Gasteiger partial charge in [0.25, 0.3) is 0 Å². The summed E-state index contributed by atoms with van der Waals surface area (Å²) in [6.45, 7) is 14.0. The molecular formula is C40H64Cl2N4O8. The van der Waals surface area contributed by atoms with Crippen molar-refractivity contribution in [2.24, 2.45) is 29.6 Å². The molecule has 9 atom stereocenters. The molecule has 12 nitrogen and oxygen atoms in total. The van der Waals surface area contributed by atoms with Crippen molar-refractivity contribution in [1.29, 1.82) is 0 Å². The third kappa shape index (κ3) is 12.4. The lowest BCUT2D eigenvalue weighted by Gasteiger charge is -2.41. The number of ether oxygens (including phenoxy) is 2. The number of rotatable bonds is 22. The number of likely N-dealkylation sites (tertiary alicyclic amines) is 1. The van der Waals surface area contributed by atoms with Crippen molar-refractivity contribution in [3.8, 4) is 0 Å². The molecule has 0 radical (unpaired) electrons. The molecule has 1 aromatic carbocycles. The van der Waals surface area contributed by atoms with Crippen LogP contribution in [-0.4, -0.2) is 116 Å². The van der Waals surface area contributed by atoms with Crippen molar-refractivity contribution in [3.63, 3.8) is 0 Å². The minimum Gasteiger partial charge on any atom is -0.480 e. The smallest absolute Gasteiger partial charge is 0.326 e. The van der Waals surface area contributed by atoms with Gasteiger partial charge < -0.3 is 35.0 Å². The topological polar surface area (TPSA) is 155 Å². The first kappa shape index (κ1) is 47.4. The van der Waals surface area contributed by atoms with Crippen LogP contribution in [0.25, 0.3) is 0 Å². The molecule has 0 saturated carbocycles. The Morgan fingerprint density at radius 3 is 2.15 bits per heavy atom. The highest BCUT2D eigenvalue weighted by molar-refractivity contribution is 6.35. The second-order valence-electron chi connectivity index (χ2n) is 15.5. The van der Waals surface area contributed by atoms with Crippen LogP contribution < -0.4 is 10.6 Å². The molecule has 3 N–H and O–H groups in total. The Morgan fingerprint density at radius 2 is 1.65 bits per heavy atom. The Labute approximate surface area is 332 Å². The quantitative estimate of drug-likeness (QED) is 0.138. The minimum atomic E-state index is -1.26. The van der Waals surface area contributed by atoms with Gasteiger partial charge in [-0.3, -0.25) is 19.2 Å². The van der Waals surface area contributed by atoms with E-state index >= 15 is 0 Å². The number of Topliss-reactive ketones (excluding diaryl/α,β-unsaturated/α-hetero) is 1. The van der Waals surface area contributed by atoms with Crippen LogP contribution in [0.5, 0.6) is 0 Å². The number of benzene rings is 1. The molecule has 14 heteroatoms. The number of hydrogen-bond acceptors (Lipinski definition) is 8. The highest BCUT2D eigenvalue weighted by atomic mass is 35.5. The maximum absolute atomic E-state index is 14.2.